The molecule has 6 nitrogen and oxygen atoms in total. The number of benzene rings is 2. The number of para-hydroxylation sites is 1. The van der Waals surface area contributed by atoms with Crippen molar-refractivity contribution >= 4 is 33.2 Å². The molecule has 0 aliphatic rings. The summed E-state index contributed by atoms with van der Waals surface area (Å²) in [4.78, 5) is 12.8. The number of carbonyl (C=O) groups is 1. The molecule has 3 rings (SSSR count). The highest BCUT2D eigenvalue weighted by atomic mass is 35.5. The second kappa shape index (κ2) is 8.08. The topological polar surface area (TPSA) is 88.4 Å². The first-order chi connectivity index (χ1) is 13.3. The molecule has 0 radical (unpaired) electrons. The van der Waals surface area contributed by atoms with Gasteiger partial charge in [-0.15, -0.1) is 0 Å². The molecule has 0 bridgehead atoms. The quantitative estimate of drug-likeness (QED) is 0.615. The summed E-state index contributed by atoms with van der Waals surface area (Å²) in [6, 6.07) is 15.4. The molecule has 0 aliphatic heterocycles. The number of rotatable bonds is 6. The van der Waals surface area contributed by atoms with Gasteiger partial charge in [0.05, 0.1) is 22.2 Å². The number of amides is 1. The van der Waals surface area contributed by atoms with E-state index in [2.05, 4.69) is 10.0 Å². The molecule has 28 heavy (non-hydrogen) atoms. The number of anilines is 1. The molecular formula is C20H19ClN2O4S. The second-order valence-electron chi connectivity index (χ2n) is 6.25. The van der Waals surface area contributed by atoms with Crippen LogP contribution < -0.4 is 10.0 Å². The van der Waals surface area contributed by atoms with Crippen LogP contribution in [0.2, 0.25) is 5.02 Å². The molecular weight excluding hydrogens is 400 g/mol. The molecule has 1 amide bonds. The minimum atomic E-state index is -3.87. The Morgan fingerprint density at radius 3 is 2.36 bits per heavy atom. The van der Waals surface area contributed by atoms with E-state index in [4.69, 9.17) is 16.0 Å². The molecule has 0 fully saturated rings. The van der Waals surface area contributed by atoms with Crippen LogP contribution in [0.25, 0.3) is 0 Å². The van der Waals surface area contributed by atoms with E-state index < -0.39 is 15.9 Å². The average Bonchev–Trinajstić information content (AvgIpc) is 3.08. The van der Waals surface area contributed by atoms with Crippen LogP contribution in [-0.4, -0.2) is 14.3 Å². The van der Waals surface area contributed by atoms with E-state index in [1.807, 2.05) is 13.0 Å². The summed E-state index contributed by atoms with van der Waals surface area (Å²) in [5.74, 6) is 0.938. The third-order valence-corrected chi connectivity index (χ3v) is 5.71. The van der Waals surface area contributed by atoms with Crippen molar-refractivity contribution in [3.05, 3.63) is 82.8 Å². The fraction of sp³-hybridized carbons (Fsp3) is 0.150. The number of aryl methyl sites for hydroxylation is 1. The Kier molecular flexibility index (Phi) is 5.76. The van der Waals surface area contributed by atoms with E-state index in [1.165, 1.54) is 30.3 Å². The van der Waals surface area contributed by atoms with Gasteiger partial charge in [0, 0.05) is 5.02 Å². The van der Waals surface area contributed by atoms with Crippen molar-refractivity contribution in [1.82, 2.24) is 5.32 Å². The zero-order chi connectivity index (χ0) is 20.3. The Bertz CT molecular complexity index is 1090. The first kappa shape index (κ1) is 20.0. The predicted molar refractivity (Wildman–Crippen MR) is 108 cm³/mol. The van der Waals surface area contributed by atoms with E-state index >= 15 is 0 Å². The molecule has 0 spiro atoms. The molecule has 2 aromatic carbocycles. The van der Waals surface area contributed by atoms with Gasteiger partial charge in [0.15, 0.2) is 0 Å². The molecule has 1 heterocycles. The summed E-state index contributed by atoms with van der Waals surface area (Å²) < 4.78 is 33.3. The van der Waals surface area contributed by atoms with Crippen molar-refractivity contribution in [2.24, 2.45) is 0 Å². The van der Waals surface area contributed by atoms with Crippen LogP contribution in [0.3, 0.4) is 0 Å². The summed E-state index contributed by atoms with van der Waals surface area (Å²) in [5.41, 5.74) is 0.382. The standard InChI is InChI=1S/C20H19ClN2O4S/c1-13-7-12-19(27-13)14(2)22-20(24)17-5-3-4-6-18(17)23-28(25,26)16-10-8-15(21)9-11-16/h3-12,14,23H,1-2H3,(H,22,24). The van der Waals surface area contributed by atoms with E-state index in [-0.39, 0.29) is 22.2 Å². The molecule has 8 heteroatoms. The van der Waals surface area contributed by atoms with Crippen LogP contribution in [0.1, 0.15) is 34.8 Å². The maximum Gasteiger partial charge on any atom is 0.261 e. The van der Waals surface area contributed by atoms with Crippen LogP contribution in [0.4, 0.5) is 5.69 Å². The zero-order valence-electron chi connectivity index (χ0n) is 15.3. The maximum atomic E-state index is 12.7. The lowest BCUT2D eigenvalue weighted by Crippen LogP contribution is -2.27. The van der Waals surface area contributed by atoms with Crippen LogP contribution in [0.5, 0.6) is 0 Å². The van der Waals surface area contributed by atoms with Gasteiger partial charge >= 0.3 is 0 Å². The second-order valence-corrected chi connectivity index (χ2v) is 8.37. The highest BCUT2D eigenvalue weighted by Gasteiger charge is 2.20. The van der Waals surface area contributed by atoms with Gasteiger partial charge in [0.25, 0.3) is 15.9 Å². The Labute approximate surface area is 168 Å². The molecule has 0 aliphatic carbocycles. The number of halogens is 1. The van der Waals surface area contributed by atoms with Crippen molar-refractivity contribution in [3.8, 4) is 0 Å². The number of hydrogen-bond donors (Lipinski definition) is 2. The summed E-state index contributed by atoms with van der Waals surface area (Å²) >= 11 is 5.81. The van der Waals surface area contributed by atoms with Gasteiger partial charge in [-0.25, -0.2) is 8.42 Å². The summed E-state index contributed by atoms with van der Waals surface area (Å²) in [7, 11) is -3.87. The average molecular weight is 419 g/mol. The zero-order valence-corrected chi connectivity index (χ0v) is 16.8. The molecule has 0 saturated carbocycles. The minimum Gasteiger partial charge on any atom is -0.464 e. The molecule has 1 atom stereocenters. The number of hydrogen-bond acceptors (Lipinski definition) is 4. The Balaban J connectivity index is 1.82. The first-order valence-electron chi connectivity index (χ1n) is 8.51. The van der Waals surface area contributed by atoms with Gasteiger partial charge in [-0.3, -0.25) is 9.52 Å². The van der Waals surface area contributed by atoms with Crippen LogP contribution in [0.15, 0.2) is 70.0 Å². The van der Waals surface area contributed by atoms with Crippen LogP contribution in [-0.2, 0) is 10.0 Å². The molecule has 2 N–H and O–H groups in total. The normalized spacial score (nSPS) is 12.4. The van der Waals surface area contributed by atoms with E-state index in [9.17, 15) is 13.2 Å². The first-order valence-corrected chi connectivity index (χ1v) is 10.4. The van der Waals surface area contributed by atoms with E-state index in [0.29, 0.717) is 10.8 Å². The van der Waals surface area contributed by atoms with Gasteiger partial charge in [0.2, 0.25) is 0 Å². The Hall–Kier alpha value is -2.77. The lowest BCUT2D eigenvalue weighted by Gasteiger charge is -2.15. The lowest BCUT2D eigenvalue weighted by molar-refractivity contribution is 0.0936. The SMILES string of the molecule is Cc1ccc(C(C)NC(=O)c2ccccc2NS(=O)(=O)c2ccc(Cl)cc2)o1. The molecule has 146 valence electrons. The monoisotopic (exact) mass is 418 g/mol. The molecule has 1 aromatic heterocycles. The third-order valence-electron chi connectivity index (χ3n) is 4.08. The van der Waals surface area contributed by atoms with Gasteiger partial charge in [-0.2, -0.15) is 0 Å². The van der Waals surface area contributed by atoms with Gasteiger partial charge < -0.3 is 9.73 Å². The number of sulfonamides is 1. The minimum absolute atomic E-state index is 0.0477. The summed E-state index contributed by atoms with van der Waals surface area (Å²) in [6.45, 7) is 3.61. The maximum absolute atomic E-state index is 12.7. The smallest absolute Gasteiger partial charge is 0.261 e. The van der Waals surface area contributed by atoms with Crippen molar-refractivity contribution in [1.29, 1.82) is 0 Å². The van der Waals surface area contributed by atoms with Crippen molar-refractivity contribution in [3.63, 3.8) is 0 Å². The fourth-order valence-electron chi connectivity index (χ4n) is 2.62. The van der Waals surface area contributed by atoms with Gasteiger partial charge in [0.1, 0.15) is 11.5 Å². The number of furan rings is 1. The highest BCUT2D eigenvalue weighted by Crippen LogP contribution is 2.23. The predicted octanol–water partition coefficient (Wildman–Crippen LogP) is 4.53. The van der Waals surface area contributed by atoms with E-state index in [1.54, 1.807) is 31.2 Å². The van der Waals surface area contributed by atoms with Crippen molar-refractivity contribution in [2.45, 2.75) is 24.8 Å². The summed E-state index contributed by atoms with van der Waals surface area (Å²) in [5, 5.41) is 3.25. The molecule has 0 saturated heterocycles. The van der Waals surface area contributed by atoms with Crippen molar-refractivity contribution in [2.75, 3.05) is 4.72 Å². The van der Waals surface area contributed by atoms with Gasteiger partial charge in [-0.1, -0.05) is 23.7 Å². The van der Waals surface area contributed by atoms with E-state index in [0.717, 1.165) is 5.76 Å². The Morgan fingerprint density at radius 2 is 1.71 bits per heavy atom. The van der Waals surface area contributed by atoms with Gasteiger partial charge in [-0.05, 0) is 62.4 Å². The van der Waals surface area contributed by atoms with Crippen LogP contribution >= 0.6 is 11.6 Å². The Morgan fingerprint density at radius 1 is 1.04 bits per heavy atom. The lowest BCUT2D eigenvalue weighted by atomic mass is 10.1. The largest absolute Gasteiger partial charge is 0.464 e. The molecule has 1 unspecified atom stereocenters. The fourth-order valence-corrected chi connectivity index (χ4v) is 3.82. The van der Waals surface area contributed by atoms with Crippen molar-refractivity contribution < 1.29 is 17.6 Å². The third kappa shape index (κ3) is 4.55. The van der Waals surface area contributed by atoms with Crippen LogP contribution in [0, 0.1) is 6.92 Å². The highest BCUT2D eigenvalue weighted by molar-refractivity contribution is 7.92. The number of nitrogens with one attached hydrogen (secondary N) is 2. The number of carbonyl (C=O) groups excluding carboxylic acids is 1. The molecule has 3 aromatic rings. The summed E-state index contributed by atoms with van der Waals surface area (Å²) in [6.07, 6.45) is 0.